The molecular weight excluding hydrogens is 321 g/mol. The van der Waals surface area contributed by atoms with Gasteiger partial charge < -0.3 is 5.73 Å². The molecule has 2 aromatic rings. The van der Waals surface area contributed by atoms with Crippen molar-refractivity contribution in [1.29, 1.82) is 0 Å². The van der Waals surface area contributed by atoms with Crippen LogP contribution in [0, 0.1) is 0 Å². The van der Waals surface area contributed by atoms with Crippen molar-refractivity contribution < 1.29 is 8.42 Å². The molecule has 0 saturated heterocycles. The molecule has 0 aliphatic rings. The van der Waals surface area contributed by atoms with E-state index < -0.39 is 9.84 Å². The highest BCUT2D eigenvalue weighted by molar-refractivity contribution is 7.90. The first-order valence-electron chi connectivity index (χ1n) is 5.73. The molecule has 0 aliphatic heterocycles. The van der Waals surface area contributed by atoms with E-state index in [2.05, 4.69) is 5.10 Å². The lowest BCUT2D eigenvalue weighted by molar-refractivity contribution is 0.586. The van der Waals surface area contributed by atoms with Gasteiger partial charge >= 0.3 is 0 Å². The lowest BCUT2D eigenvalue weighted by atomic mass is 10.1. The Morgan fingerprint density at radius 3 is 2.70 bits per heavy atom. The SMILES string of the molecule is CS(=O)(=O)CCn1cc(N)c(-c2cccc(Cl)c2Cl)n1. The van der Waals surface area contributed by atoms with Crippen LogP contribution in [0.5, 0.6) is 0 Å². The molecule has 2 rings (SSSR count). The molecule has 0 bridgehead atoms. The number of nitrogens with zero attached hydrogens (tertiary/aromatic N) is 2. The lowest BCUT2D eigenvalue weighted by Crippen LogP contribution is -2.11. The van der Waals surface area contributed by atoms with E-state index >= 15 is 0 Å². The largest absolute Gasteiger partial charge is 0.396 e. The molecule has 0 radical (unpaired) electrons. The third kappa shape index (κ3) is 3.45. The molecule has 0 fully saturated rings. The Morgan fingerprint density at radius 2 is 2.05 bits per heavy atom. The normalized spacial score (nSPS) is 11.8. The van der Waals surface area contributed by atoms with Gasteiger partial charge in [-0.3, -0.25) is 4.68 Å². The van der Waals surface area contributed by atoms with Crippen LogP contribution in [0.1, 0.15) is 0 Å². The number of aryl methyl sites for hydroxylation is 1. The molecule has 0 spiro atoms. The van der Waals surface area contributed by atoms with Crippen molar-refractivity contribution in [1.82, 2.24) is 9.78 Å². The molecule has 8 heteroatoms. The fourth-order valence-corrected chi connectivity index (χ4v) is 2.62. The fraction of sp³-hybridized carbons (Fsp3) is 0.250. The average Bonchev–Trinajstić information content (AvgIpc) is 2.71. The molecule has 20 heavy (non-hydrogen) atoms. The van der Waals surface area contributed by atoms with Gasteiger partial charge in [0.2, 0.25) is 0 Å². The molecule has 0 saturated carbocycles. The highest BCUT2D eigenvalue weighted by Gasteiger charge is 2.14. The maximum atomic E-state index is 11.2. The molecule has 1 aromatic heterocycles. The Morgan fingerprint density at radius 1 is 1.35 bits per heavy atom. The van der Waals surface area contributed by atoms with Crippen LogP contribution in [0.3, 0.4) is 0 Å². The second-order valence-corrected chi connectivity index (χ2v) is 7.47. The Labute approximate surface area is 127 Å². The van der Waals surface area contributed by atoms with Gasteiger partial charge in [0, 0.05) is 18.0 Å². The zero-order chi connectivity index (χ0) is 14.9. The van der Waals surface area contributed by atoms with Gasteiger partial charge in [0.1, 0.15) is 15.5 Å². The summed E-state index contributed by atoms with van der Waals surface area (Å²) in [4.78, 5) is 0. The molecule has 0 atom stereocenters. The maximum absolute atomic E-state index is 11.2. The minimum atomic E-state index is -3.05. The Hall–Kier alpha value is -1.24. The summed E-state index contributed by atoms with van der Waals surface area (Å²) in [6.07, 6.45) is 2.76. The number of aromatic nitrogens is 2. The summed E-state index contributed by atoms with van der Waals surface area (Å²) in [5.74, 6) is -0.00314. The van der Waals surface area contributed by atoms with Crippen molar-refractivity contribution in [3.63, 3.8) is 0 Å². The molecule has 0 aliphatic carbocycles. The summed E-state index contributed by atoms with van der Waals surface area (Å²) in [7, 11) is -3.05. The number of sulfone groups is 1. The molecule has 0 amide bonds. The van der Waals surface area contributed by atoms with Crippen molar-refractivity contribution in [2.24, 2.45) is 0 Å². The highest BCUT2D eigenvalue weighted by atomic mass is 35.5. The second-order valence-electron chi connectivity index (χ2n) is 4.43. The van der Waals surface area contributed by atoms with Gasteiger partial charge in [-0.15, -0.1) is 0 Å². The highest BCUT2D eigenvalue weighted by Crippen LogP contribution is 2.35. The number of nitrogen functional groups attached to an aromatic ring is 1. The van der Waals surface area contributed by atoms with Gasteiger partial charge in [-0.25, -0.2) is 8.42 Å². The average molecular weight is 334 g/mol. The number of benzene rings is 1. The lowest BCUT2D eigenvalue weighted by Gasteiger charge is -2.03. The van der Waals surface area contributed by atoms with Crippen LogP contribution >= 0.6 is 23.2 Å². The first kappa shape index (κ1) is 15.2. The van der Waals surface area contributed by atoms with Gasteiger partial charge in [-0.1, -0.05) is 35.3 Å². The van der Waals surface area contributed by atoms with Gasteiger partial charge in [0.15, 0.2) is 0 Å². The molecule has 1 heterocycles. The maximum Gasteiger partial charge on any atom is 0.149 e. The van der Waals surface area contributed by atoms with Crippen LogP contribution in [0.15, 0.2) is 24.4 Å². The van der Waals surface area contributed by atoms with Crippen molar-refractivity contribution in [3.05, 3.63) is 34.4 Å². The summed E-state index contributed by atoms with van der Waals surface area (Å²) < 4.78 is 23.8. The van der Waals surface area contributed by atoms with E-state index in [0.29, 0.717) is 27.0 Å². The van der Waals surface area contributed by atoms with E-state index in [4.69, 9.17) is 28.9 Å². The summed E-state index contributed by atoms with van der Waals surface area (Å²) in [5, 5.41) is 5.05. The Bertz CT molecular complexity index is 741. The molecule has 1 aromatic carbocycles. The quantitative estimate of drug-likeness (QED) is 0.932. The van der Waals surface area contributed by atoms with E-state index in [1.54, 1.807) is 24.4 Å². The van der Waals surface area contributed by atoms with E-state index in [9.17, 15) is 8.42 Å². The smallest absolute Gasteiger partial charge is 0.149 e. The van der Waals surface area contributed by atoms with Gasteiger partial charge in [-0.05, 0) is 6.07 Å². The van der Waals surface area contributed by atoms with Crippen molar-refractivity contribution >= 4 is 38.7 Å². The molecule has 108 valence electrons. The van der Waals surface area contributed by atoms with E-state index in [1.165, 1.54) is 10.9 Å². The van der Waals surface area contributed by atoms with Crippen LogP contribution in [-0.4, -0.2) is 30.2 Å². The molecular formula is C12H13Cl2N3O2S. The Kier molecular flexibility index (Phi) is 4.27. The van der Waals surface area contributed by atoms with Gasteiger partial charge in [-0.2, -0.15) is 5.10 Å². The standard InChI is InChI=1S/C12H13Cl2N3O2S/c1-20(18,19)6-5-17-7-10(15)12(16-17)8-3-2-4-9(13)11(8)14/h2-4,7H,5-6,15H2,1H3. The van der Waals surface area contributed by atoms with Crippen LogP contribution in [-0.2, 0) is 16.4 Å². The number of halogens is 2. The number of nitrogens with two attached hydrogens (primary N) is 1. The molecule has 5 nitrogen and oxygen atoms in total. The second kappa shape index (κ2) is 5.63. The predicted molar refractivity (Wildman–Crippen MR) is 81.8 cm³/mol. The minimum Gasteiger partial charge on any atom is -0.396 e. The fourth-order valence-electron chi connectivity index (χ4n) is 1.71. The summed E-state index contributed by atoms with van der Waals surface area (Å²) in [6, 6.07) is 5.18. The minimum absolute atomic E-state index is 0.00314. The third-order valence-corrected chi connectivity index (χ3v) is 4.43. The van der Waals surface area contributed by atoms with Crippen LogP contribution < -0.4 is 5.73 Å². The Balaban J connectivity index is 2.34. The van der Waals surface area contributed by atoms with Crippen molar-refractivity contribution in [2.75, 3.05) is 17.7 Å². The monoisotopic (exact) mass is 333 g/mol. The van der Waals surface area contributed by atoms with E-state index in [1.807, 2.05) is 0 Å². The number of hydrogen-bond acceptors (Lipinski definition) is 4. The number of anilines is 1. The number of hydrogen-bond donors (Lipinski definition) is 1. The topological polar surface area (TPSA) is 78.0 Å². The van der Waals surface area contributed by atoms with Crippen LogP contribution in [0.4, 0.5) is 5.69 Å². The van der Waals surface area contributed by atoms with Crippen molar-refractivity contribution in [3.8, 4) is 11.3 Å². The van der Waals surface area contributed by atoms with E-state index in [-0.39, 0.29) is 12.3 Å². The first-order chi connectivity index (χ1) is 9.28. The zero-order valence-corrected chi connectivity index (χ0v) is 13.0. The molecule has 2 N–H and O–H groups in total. The van der Waals surface area contributed by atoms with Crippen molar-refractivity contribution in [2.45, 2.75) is 6.54 Å². The van der Waals surface area contributed by atoms with Crippen LogP contribution in [0.2, 0.25) is 10.0 Å². The summed E-state index contributed by atoms with van der Waals surface area (Å²) in [5.41, 5.74) is 7.43. The zero-order valence-electron chi connectivity index (χ0n) is 10.7. The molecule has 0 unspecified atom stereocenters. The summed E-state index contributed by atoms with van der Waals surface area (Å²) >= 11 is 12.1. The predicted octanol–water partition coefficient (Wildman–Crippen LogP) is 2.48. The van der Waals surface area contributed by atoms with Gasteiger partial charge in [0.05, 0.1) is 28.0 Å². The number of rotatable bonds is 4. The van der Waals surface area contributed by atoms with E-state index in [0.717, 1.165) is 0 Å². The van der Waals surface area contributed by atoms with Crippen LogP contribution in [0.25, 0.3) is 11.3 Å². The first-order valence-corrected chi connectivity index (χ1v) is 8.54. The van der Waals surface area contributed by atoms with Gasteiger partial charge in [0.25, 0.3) is 0 Å². The summed E-state index contributed by atoms with van der Waals surface area (Å²) in [6.45, 7) is 0.237. The third-order valence-electron chi connectivity index (χ3n) is 2.69.